The van der Waals surface area contributed by atoms with Crippen LogP contribution in [0.25, 0.3) is 11.1 Å². The highest BCUT2D eigenvalue weighted by molar-refractivity contribution is 5.93. The lowest BCUT2D eigenvalue weighted by Crippen LogP contribution is -2.57. The molecule has 156 valence electrons. The molecule has 2 aromatic carbocycles. The number of primary amides is 1. The fraction of sp³-hybridized carbons (Fsp3) is 0.348. The lowest BCUT2D eigenvalue weighted by Gasteiger charge is -2.32. The van der Waals surface area contributed by atoms with Gasteiger partial charge in [0.1, 0.15) is 11.9 Å². The molecule has 30 heavy (non-hydrogen) atoms. The Labute approximate surface area is 175 Å². The standard InChI is InChI=1S/C23H25FN4O2/c24-20-13-17(8-9-19(20)21(26)29)16-6-4-15(5-7-16)12-18(14-25)28-22(30)23(27)10-2-1-3-11-23/h4-9,13,18H,1-3,10-12,27H2,(H2,26,29)(H,28,30)/t18-/m0/s1. The van der Waals surface area contributed by atoms with Gasteiger partial charge in [-0.1, -0.05) is 49.6 Å². The lowest BCUT2D eigenvalue weighted by atomic mass is 9.81. The van der Waals surface area contributed by atoms with Gasteiger partial charge in [-0.25, -0.2) is 4.39 Å². The van der Waals surface area contributed by atoms with Crippen LogP contribution >= 0.6 is 0 Å². The first kappa shape index (κ1) is 21.5. The monoisotopic (exact) mass is 408 g/mol. The van der Waals surface area contributed by atoms with Crippen LogP contribution in [-0.4, -0.2) is 23.4 Å². The van der Waals surface area contributed by atoms with Crippen molar-refractivity contribution in [2.24, 2.45) is 11.5 Å². The molecule has 0 aromatic heterocycles. The van der Waals surface area contributed by atoms with Gasteiger partial charge in [0.05, 0.1) is 17.2 Å². The fourth-order valence-electron chi connectivity index (χ4n) is 3.80. The molecule has 0 aliphatic heterocycles. The van der Waals surface area contributed by atoms with Gasteiger partial charge >= 0.3 is 0 Å². The molecule has 3 rings (SSSR count). The minimum absolute atomic E-state index is 0.154. The minimum atomic E-state index is -0.891. The number of carbonyl (C=O) groups excluding carboxylic acids is 2. The average Bonchev–Trinajstić information content (AvgIpc) is 2.74. The highest BCUT2D eigenvalue weighted by atomic mass is 19.1. The number of nitrogens with one attached hydrogen (secondary N) is 1. The maximum absolute atomic E-state index is 14.0. The second kappa shape index (κ2) is 9.06. The molecule has 1 atom stereocenters. The van der Waals surface area contributed by atoms with Crippen LogP contribution in [0.15, 0.2) is 42.5 Å². The van der Waals surface area contributed by atoms with Crippen molar-refractivity contribution in [1.82, 2.24) is 5.32 Å². The van der Waals surface area contributed by atoms with E-state index in [-0.39, 0.29) is 11.5 Å². The number of nitrogens with zero attached hydrogens (tertiary/aromatic N) is 1. The molecule has 0 bridgehead atoms. The van der Waals surface area contributed by atoms with Crippen LogP contribution in [0.4, 0.5) is 4.39 Å². The maximum atomic E-state index is 14.0. The summed E-state index contributed by atoms with van der Waals surface area (Å²) in [5.41, 5.74) is 12.6. The van der Waals surface area contributed by atoms with Gasteiger partial charge in [0.25, 0.3) is 5.91 Å². The Morgan fingerprint density at radius 3 is 2.30 bits per heavy atom. The number of hydrogen-bond donors (Lipinski definition) is 3. The van der Waals surface area contributed by atoms with Gasteiger partial charge in [-0.05, 0) is 41.7 Å². The zero-order valence-electron chi connectivity index (χ0n) is 16.7. The summed E-state index contributed by atoms with van der Waals surface area (Å²) in [5, 5.41) is 12.2. The van der Waals surface area contributed by atoms with Crippen LogP contribution in [0.2, 0.25) is 0 Å². The molecule has 0 heterocycles. The number of amides is 2. The van der Waals surface area contributed by atoms with Gasteiger partial charge in [0, 0.05) is 6.42 Å². The third-order valence-corrected chi connectivity index (χ3v) is 5.62. The molecule has 6 nitrogen and oxygen atoms in total. The predicted octanol–water partition coefficient (Wildman–Crippen LogP) is 2.80. The summed E-state index contributed by atoms with van der Waals surface area (Å²) >= 11 is 0. The molecule has 1 fully saturated rings. The van der Waals surface area contributed by atoms with E-state index < -0.39 is 23.3 Å². The quantitative estimate of drug-likeness (QED) is 0.680. The van der Waals surface area contributed by atoms with Crippen molar-refractivity contribution in [2.45, 2.75) is 50.1 Å². The second-order valence-electron chi connectivity index (χ2n) is 7.83. The summed E-state index contributed by atoms with van der Waals surface area (Å²) in [6, 6.07) is 12.9. The molecule has 1 aliphatic rings. The molecule has 1 aliphatic carbocycles. The Kier molecular flexibility index (Phi) is 6.48. The number of carbonyl (C=O) groups is 2. The molecular weight excluding hydrogens is 383 g/mol. The van der Waals surface area contributed by atoms with Crippen LogP contribution in [0.5, 0.6) is 0 Å². The smallest absolute Gasteiger partial charge is 0.251 e. The number of nitriles is 1. The number of hydrogen-bond acceptors (Lipinski definition) is 4. The number of benzene rings is 2. The number of rotatable bonds is 6. The summed E-state index contributed by atoms with van der Waals surface area (Å²) < 4.78 is 14.0. The van der Waals surface area contributed by atoms with Gasteiger partial charge in [-0.3, -0.25) is 9.59 Å². The Hall–Kier alpha value is -3.24. The maximum Gasteiger partial charge on any atom is 0.251 e. The van der Waals surface area contributed by atoms with E-state index >= 15 is 0 Å². The van der Waals surface area contributed by atoms with Gasteiger partial charge in [0.2, 0.25) is 5.91 Å². The van der Waals surface area contributed by atoms with Crippen molar-refractivity contribution >= 4 is 11.8 Å². The minimum Gasteiger partial charge on any atom is -0.366 e. The third-order valence-electron chi connectivity index (χ3n) is 5.62. The van der Waals surface area contributed by atoms with Crippen molar-refractivity contribution in [2.75, 3.05) is 0 Å². The van der Waals surface area contributed by atoms with Gasteiger partial charge in [-0.2, -0.15) is 5.26 Å². The topological polar surface area (TPSA) is 122 Å². The van der Waals surface area contributed by atoms with Gasteiger partial charge < -0.3 is 16.8 Å². The molecule has 0 saturated heterocycles. The van der Waals surface area contributed by atoms with Crippen molar-refractivity contribution in [1.29, 1.82) is 5.26 Å². The van der Waals surface area contributed by atoms with Crippen molar-refractivity contribution in [3.8, 4) is 17.2 Å². The van der Waals surface area contributed by atoms with E-state index in [1.807, 2.05) is 12.1 Å². The lowest BCUT2D eigenvalue weighted by molar-refractivity contribution is -0.127. The highest BCUT2D eigenvalue weighted by Crippen LogP contribution is 2.26. The third kappa shape index (κ3) is 4.84. The van der Waals surface area contributed by atoms with E-state index in [1.165, 1.54) is 12.1 Å². The van der Waals surface area contributed by atoms with Gasteiger partial charge in [0.15, 0.2) is 0 Å². The average molecular weight is 408 g/mol. The summed E-state index contributed by atoms with van der Waals surface area (Å²) in [7, 11) is 0. The number of halogens is 1. The summed E-state index contributed by atoms with van der Waals surface area (Å²) in [4.78, 5) is 23.7. The van der Waals surface area contributed by atoms with Crippen LogP contribution in [-0.2, 0) is 11.2 Å². The van der Waals surface area contributed by atoms with E-state index in [4.69, 9.17) is 11.5 Å². The Balaban J connectivity index is 1.67. The van der Waals surface area contributed by atoms with Gasteiger partial charge in [-0.15, -0.1) is 0 Å². The van der Waals surface area contributed by atoms with E-state index in [0.29, 0.717) is 24.8 Å². The van der Waals surface area contributed by atoms with Crippen molar-refractivity contribution in [3.63, 3.8) is 0 Å². The molecule has 1 saturated carbocycles. The Morgan fingerprint density at radius 1 is 1.10 bits per heavy atom. The first-order valence-electron chi connectivity index (χ1n) is 10.0. The molecule has 2 amide bonds. The van der Waals surface area contributed by atoms with E-state index in [0.717, 1.165) is 30.4 Å². The zero-order valence-corrected chi connectivity index (χ0v) is 16.7. The van der Waals surface area contributed by atoms with E-state index in [1.54, 1.807) is 18.2 Å². The summed E-state index contributed by atoms with van der Waals surface area (Å²) in [6.07, 6.45) is 4.53. The first-order valence-corrected chi connectivity index (χ1v) is 10.0. The first-order chi connectivity index (χ1) is 14.3. The Bertz CT molecular complexity index is 976. The van der Waals surface area contributed by atoms with Crippen LogP contribution in [0.1, 0.15) is 48.0 Å². The zero-order chi connectivity index (χ0) is 21.7. The van der Waals surface area contributed by atoms with Crippen molar-refractivity contribution < 1.29 is 14.0 Å². The highest BCUT2D eigenvalue weighted by Gasteiger charge is 2.36. The van der Waals surface area contributed by atoms with Crippen LogP contribution in [0.3, 0.4) is 0 Å². The number of nitrogens with two attached hydrogens (primary N) is 2. The SMILES string of the molecule is N#C[C@H](Cc1ccc(-c2ccc(C(N)=O)c(F)c2)cc1)NC(=O)C1(N)CCCCC1. The predicted molar refractivity (Wildman–Crippen MR) is 112 cm³/mol. The summed E-state index contributed by atoms with van der Waals surface area (Å²) in [6.45, 7) is 0. The molecule has 7 heteroatoms. The van der Waals surface area contributed by atoms with E-state index in [9.17, 15) is 19.2 Å². The van der Waals surface area contributed by atoms with Crippen LogP contribution in [0, 0.1) is 17.1 Å². The Morgan fingerprint density at radius 2 is 1.73 bits per heavy atom. The largest absolute Gasteiger partial charge is 0.366 e. The van der Waals surface area contributed by atoms with E-state index in [2.05, 4.69) is 11.4 Å². The normalized spacial score (nSPS) is 16.3. The summed E-state index contributed by atoms with van der Waals surface area (Å²) in [5.74, 6) is -1.75. The molecular formula is C23H25FN4O2. The molecule has 5 N–H and O–H groups in total. The van der Waals surface area contributed by atoms with Crippen LogP contribution < -0.4 is 16.8 Å². The fourth-order valence-corrected chi connectivity index (χ4v) is 3.80. The molecule has 2 aromatic rings. The molecule has 0 radical (unpaired) electrons. The molecule has 0 spiro atoms. The molecule has 0 unspecified atom stereocenters. The van der Waals surface area contributed by atoms with Crippen molar-refractivity contribution in [3.05, 3.63) is 59.4 Å². The second-order valence-corrected chi connectivity index (χ2v) is 7.83.